The van der Waals surface area contributed by atoms with Crippen LogP contribution < -0.4 is 0 Å². The van der Waals surface area contributed by atoms with Gasteiger partial charge in [-0.25, -0.2) is 0 Å². The Kier molecular flexibility index (Phi) is 1.70. The summed E-state index contributed by atoms with van der Waals surface area (Å²) in [7, 11) is 0. The number of nitrogens with zero attached hydrogens (tertiary/aromatic N) is 1. The molecule has 1 rings (SSSR count). The van der Waals surface area contributed by atoms with Crippen LogP contribution in [0.25, 0.3) is 0 Å². The van der Waals surface area contributed by atoms with Crippen molar-refractivity contribution in [1.82, 2.24) is 0 Å². The number of alkyl halides is 3. The lowest BCUT2D eigenvalue weighted by Crippen LogP contribution is -2.22. The highest BCUT2D eigenvalue weighted by molar-refractivity contribution is 8.02. The molecule has 0 atom stereocenters. The molecule has 0 aliphatic carbocycles. The second-order valence-electron chi connectivity index (χ2n) is 1.49. The third-order valence-corrected chi connectivity index (χ3v) is 1.52. The first-order valence-corrected chi connectivity index (χ1v) is 3.23. The summed E-state index contributed by atoms with van der Waals surface area (Å²) in [5.74, 6) is 1.17. The van der Waals surface area contributed by atoms with E-state index in [2.05, 4.69) is 4.99 Å². The first-order chi connectivity index (χ1) is 4.11. The zero-order valence-electron chi connectivity index (χ0n) is 4.27. The third kappa shape index (κ3) is 1.61. The molecular weight excluding hydrogens is 151 g/mol. The number of hydrogen-bond acceptors (Lipinski definition) is 2. The Morgan fingerprint density at radius 1 is 1.56 bits per heavy atom. The van der Waals surface area contributed by atoms with E-state index in [1.165, 1.54) is 5.88 Å². The van der Waals surface area contributed by atoms with Gasteiger partial charge in [0.25, 0.3) is 0 Å². The molecule has 1 aliphatic rings. The van der Waals surface area contributed by atoms with Crippen LogP contribution in [0, 0.1) is 5.88 Å². The molecule has 0 aromatic carbocycles. The molecule has 9 heavy (non-hydrogen) atoms. The van der Waals surface area contributed by atoms with Gasteiger partial charge in [0.1, 0.15) is 11.6 Å². The highest BCUT2D eigenvalue weighted by atomic mass is 32.2. The smallest absolute Gasteiger partial charge is 0.266 e. The second-order valence-corrected chi connectivity index (χ2v) is 2.32. The van der Waals surface area contributed by atoms with E-state index in [-0.39, 0.29) is 5.75 Å². The van der Waals surface area contributed by atoms with Crippen LogP contribution in [-0.2, 0) is 0 Å². The van der Waals surface area contributed by atoms with Crippen molar-refractivity contribution in [2.45, 2.75) is 6.18 Å². The minimum absolute atomic E-state index is 0.0382. The Balaban J connectivity index is 2.61. The summed E-state index contributed by atoms with van der Waals surface area (Å²) in [6.45, 7) is 0. The predicted octanol–water partition coefficient (Wildman–Crippen LogP) is 1.86. The Morgan fingerprint density at radius 2 is 2.22 bits per heavy atom. The van der Waals surface area contributed by atoms with Gasteiger partial charge in [0.15, 0.2) is 0 Å². The van der Waals surface area contributed by atoms with Crippen LogP contribution in [0.1, 0.15) is 0 Å². The van der Waals surface area contributed by atoms with E-state index >= 15 is 0 Å². The van der Waals surface area contributed by atoms with Crippen molar-refractivity contribution in [3.05, 3.63) is 5.88 Å². The van der Waals surface area contributed by atoms with Gasteiger partial charge in [-0.05, 0) is 0 Å². The van der Waals surface area contributed by atoms with Crippen molar-refractivity contribution in [3.8, 4) is 0 Å². The predicted molar refractivity (Wildman–Crippen MR) is 30.2 cm³/mol. The first kappa shape index (κ1) is 6.92. The van der Waals surface area contributed by atoms with E-state index in [0.29, 0.717) is 0 Å². The number of thioether (sulfide) groups is 1. The van der Waals surface area contributed by atoms with E-state index in [9.17, 15) is 13.2 Å². The lowest BCUT2D eigenvalue weighted by atomic mass is 10.4. The van der Waals surface area contributed by atoms with Crippen molar-refractivity contribution in [2.24, 2.45) is 4.99 Å². The standard InChI is InChI=1S/C4H3F3NS/c5-4(6,7)3-1-9-2-8-3/h2H,1H2. The van der Waals surface area contributed by atoms with Gasteiger partial charge >= 0.3 is 6.18 Å². The molecular formula is C4H3F3NS. The highest BCUT2D eigenvalue weighted by Crippen LogP contribution is 2.26. The van der Waals surface area contributed by atoms with Crippen LogP contribution in [0.2, 0.25) is 0 Å². The van der Waals surface area contributed by atoms with E-state index < -0.39 is 11.9 Å². The van der Waals surface area contributed by atoms with Crippen molar-refractivity contribution in [1.29, 1.82) is 0 Å². The molecule has 1 radical (unpaired) electrons. The van der Waals surface area contributed by atoms with Crippen molar-refractivity contribution in [2.75, 3.05) is 5.75 Å². The molecule has 0 fully saturated rings. The maximum atomic E-state index is 11.6. The quantitative estimate of drug-likeness (QED) is 0.518. The van der Waals surface area contributed by atoms with E-state index in [1.807, 2.05) is 0 Å². The van der Waals surface area contributed by atoms with Gasteiger partial charge in [0, 0.05) is 5.75 Å². The maximum Gasteiger partial charge on any atom is 0.429 e. The van der Waals surface area contributed by atoms with E-state index in [1.54, 1.807) is 0 Å². The van der Waals surface area contributed by atoms with Gasteiger partial charge in [0.2, 0.25) is 0 Å². The fourth-order valence-electron chi connectivity index (χ4n) is 0.409. The van der Waals surface area contributed by atoms with Gasteiger partial charge in [-0.15, -0.1) is 11.8 Å². The summed E-state index contributed by atoms with van der Waals surface area (Å²) < 4.78 is 34.8. The highest BCUT2D eigenvalue weighted by Gasteiger charge is 2.36. The van der Waals surface area contributed by atoms with E-state index in [4.69, 9.17) is 0 Å². The maximum absolute atomic E-state index is 11.6. The van der Waals surface area contributed by atoms with Gasteiger partial charge in [-0.3, -0.25) is 4.99 Å². The molecule has 51 valence electrons. The Hall–Kier alpha value is -0.190. The van der Waals surface area contributed by atoms with Gasteiger partial charge in [0.05, 0.1) is 0 Å². The second kappa shape index (κ2) is 2.21. The monoisotopic (exact) mass is 154 g/mol. The molecule has 0 saturated carbocycles. The first-order valence-electron chi connectivity index (χ1n) is 2.18. The molecule has 0 bridgehead atoms. The number of halogens is 3. The fraction of sp³-hybridized carbons (Fsp3) is 0.500. The number of hydrogen-bond donors (Lipinski definition) is 0. The van der Waals surface area contributed by atoms with Gasteiger partial charge in [-0.1, -0.05) is 0 Å². The molecule has 0 unspecified atom stereocenters. The third-order valence-electron chi connectivity index (χ3n) is 0.830. The van der Waals surface area contributed by atoms with Crippen LogP contribution >= 0.6 is 11.8 Å². The van der Waals surface area contributed by atoms with Crippen molar-refractivity contribution >= 4 is 17.5 Å². The van der Waals surface area contributed by atoms with Crippen molar-refractivity contribution < 1.29 is 13.2 Å². The molecule has 5 heteroatoms. The Labute approximate surface area is 54.3 Å². The van der Waals surface area contributed by atoms with Crippen molar-refractivity contribution in [3.63, 3.8) is 0 Å². The zero-order valence-corrected chi connectivity index (χ0v) is 5.09. The zero-order chi connectivity index (χ0) is 6.91. The van der Waals surface area contributed by atoms with Crippen LogP contribution in [0.3, 0.4) is 0 Å². The Bertz CT molecular complexity index is 139. The molecule has 1 heterocycles. The van der Waals surface area contributed by atoms with Crippen LogP contribution in [0.4, 0.5) is 13.2 Å². The van der Waals surface area contributed by atoms with E-state index in [0.717, 1.165) is 11.8 Å². The van der Waals surface area contributed by atoms with Crippen LogP contribution in [-0.4, -0.2) is 17.6 Å². The summed E-state index contributed by atoms with van der Waals surface area (Å²) in [6.07, 6.45) is -4.22. The molecule has 1 aliphatic heterocycles. The molecule has 0 N–H and O–H groups in total. The van der Waals surface area contributed by atoms with Gasteiger partial charge in [-0.2, -0.15) is 13.2 Å². The molecule has 0 aromatic rings. The average Bonchev–Trinajstić information content (AvgIpc) is 2.08. The summed E-state index contributed by atoms with van der Waals surface area (Å²) in [4.78, 5) is 3.14. The largest absolute Gasteiger partial charge is 0.429 e. The average molecular weight is 154 g/mol. The fourth-order valence-corrected chi connectivity index (χ4v) is 1.08. The summed E-state index contributed by atoms with van der Waals surface area (Å²) in [5, 5.41) is 0. The summed E-state index contributed by atoms with van der Waals surface area (Å²) in [6, 6.07) is 0. The van der Waals surface area contributed by atoms with Crippen LogP contribution in [0.15, 0.2) is 4.99 Å². The van der Waals surface area contributed by atoms with Gasteiger partial charge < -0.3 is 0 Å². The number of aliphatic imine (C=N–C) groups is 1. The molecule has 1 nitrogen and oxygen atoms in total. The topological polar surface area (TPSA) is 12.4 Å². The minimum Gasteiger partial charge on any atom is -0.266 e. The minimum atomic E-state index is -4.22. The lowest BCUT2D eigenvalue weighted by molar-refractivity contribution is -0.0587. The number of rotatable bonds is 0. The molecule has 0 aromatic heterocycles. The summed E-state index contributed by atoms with van der Waals surface area (Å²) >= 11 is 1.06. The molecule has 0 saturated heterocycles. The Morgan fingerprint density at radius 3 is 2.44 bits per heavy atom. The lowest BCUT2D eigenvalue weighted by Gasteiger charge is -2.02. The molecule has 0 amide bonds. The molecule has 0 spiro atoms. The SMILES string of the molecule is FC(F)(F)C1=N[CH]SC1. The summed E-state index contributed by atoms with van der Waals surface area (Å²) in [5.41, 5.74) is -0.688. The van der Waals surface area contributed by atoms with Crippen LogP contribution in [0.5, 0.6) is 0 Å². The normalized spacial score (nSPS) is 20.1.